The molecule has 0 aliphatic heterocycles. The first-order valence-corrected chi connectivity index (χ1v) is 12.5. The monoisotopic (exact) mass is 476 g/mol. The highest BCUT2D eigenvalue weighted by molar-refractivity contribution is 6.29. The molecule has 0 aromatic heterocycles. The average molecular weight is 477 g/mol. The summed E-state index contributed by atoms with van der Waals surface area (Å²) in [6.45, 7) is 12.5. The van der Waals surface area contributed by atoms with E-state index >= 15 is 0 Å². The SMILES string of the molecule is Cc1cc(C)c(NC2=CCC(Nc3c(C)cc(C)cc3C)C3=C2C(=O)c2ccccc2C3=O)c(C)c1. The standard InChI is InChI=1S/C32H32N2O2/c1-17-13-19(3)29(20(4)14-17)33-25-11-12-26(34-30-21(5)15-18(2)16-22(30)6)28-27(25)31(35)23-9-7-8-10-24(23)32(28)36/h7-11,13-16,26,33-34H,12H2,1-6H3. The molecule has 0 spiro atoms. The van der Waals surface area contributed by atoms with Crippen molar-refractivity contribution in [2.24, 2.45) is 0 Å². The van der Waals surface area contributed by atoms with E-state index in [1.807, 2.05) is 12.1 Å². The van der Waals surface area contributed by atoms with Crippen LogP contribution in [-0.2, 0) is 0 Å². The third-order valence-corrected chi connectivity index (χ3v) is 7.27. The molecule has 182 valence electrons. The van der Waals surface area contributed by atoms with E-state index in [0.717, 1.165) is 33.6 Å². The fraction of sp³-hybridized carbons (Fsp3) is 0.250. The highest BCUT2D eigenvalue weighted by atomic mass is 16.1. The first-order chi connectivity index (χ1) is 17.2. The number of benzene rings is 3. The van der Waals surface area contributed by atoms with E-state index in [9.17, 15) is 9.59 Å². The topological polar surface area (TPSA) is 58.2 Å². The van der Waals surface area contributed by atoms with Crippen molar-refractivity contribution in [3.8, 4) is 0 Å². The lowest BCUT2D eigenvalue weighted by atomic mass is 9.76. The van der Waals surface area contributed by atoms with Crippen molar-refractivity contribution in [3.63, 3.8) is 0 Å². The Morgan fingerprint density at radius 2 is 1.19 bits per heavy atom. The highest BCUT2D eigenvalue weighted by Crippen LogP contribution is 2.39. The number of carbonyl (C=O) groups excluding carboxylic acids is 2. The zero-order chi connectivity index (χ0) is 25.7. The fourth-order valence-electron chi connectivity index (χ4n) is 5.79. The molecule has 0 fully saturated rings. The molecule has 2 aliphatic rings. The number of carbonyl (C=O) groups is 2. The number of rotatable bonds is 4. The van der Waals surface area contributed by atoms with Crippen LogP contribution in [0.5, 0.6) is 0 Å². The predicted octanol–water partition coefficient (Wildman–Crippen LogP) is 7.09. The van der Waals surface area contributed by atoms with Crippen LogP contribution in [0.15, 0.2) is 71.5 Å². The second-order valence-electron chi connectivity index (χ2n) is 10.2. The van der Waals surface area contributed by atoms with Crippen molar-refractivity contribution in [2.45, 2.75) is 54.0 Å². The quantitative estimate of drug-likeness (QED) is 0.422. The number of ketones is 2. The molecule has 0 saturated heterocycles. The Balaban J connectivity index is 1.63. The zero-order valence-electron chi connectivity index (χ0n) is 21.8. The van der Waals surface area contributed by atoms with E-state index in [2.05, 4.69) is 82.5 Å². The van der Waals surface area contributed by atoms with Gasteiger partial charge in [0.25, 0.3) is 0 Å². The second-order valence-corrected chi connectivity index (χ2v) is 10.2. The highest BCUT2D eigenvalue weighted by Gasteiger charge is 2.39. The van der Waals surface area contributed by atoms with Gasteiger partial charge in [0.1, 0.15) is 0 Å². The Hall–Kier alpha value is -3.92. The second kappa shape index (κ2) is 8.94. The fourth-order valence-corrected chi connectivity index (χ4v) is 5.79. The molecular formula is C32H32N2O2. The molecule has 0 heterocycles. The van der Waals surface area contributed by atoms with Gasteiger partial charge in [0.2, 0.25) is 0 Å². The molecular weight excluding hydrogens is 444 g/mol. The molecule has 1 atom stereocenters. The van der Waals surface area contributed by atoms with Crippen molar-refractivity contribution in [1.82, 2.24) is 0 Å². The summed E-state index contributed by atoms with van der Waals surface area (Å²) in [4.78, 5) is 27.8. The number of hydrogen-bond acceptors (Lipinski definition) is 4. The largest absolute Gasteiger partial charge is 0.377 e. The summed E-state index contributed by atoms with van der Waals surface area (Å²) in [5, 5.41) is 7.18. The summed E-state index contributed by atoms with van der Waals surface area (Å²) < 4.78 is 0. The van der Waals surface area contributed by atoms with Crippen molar-refractivity contribution in [3.05, 3.63) is 116 Å². The van der Waals surface area contributed by atoms with E-state index in [4.69, 9.17) is 0 Å². The average Bonchev–Trinajstić information content (AvgIpc) is 2.82. The molecule has 2 N–H and O–H groups in total. The maximum atomic E-state index is 13.9. The van der Waals surface area contributed by atoms with Crippen molar-refractivity contribution < 1.29 is 9.59 Å². The number of allylic oxidation sites excluding steroid dienone is 1. The molecule has 4 nitrogen and oxygen atoms in total. The summed E-state index contributed by atoms with van der Waals surface area (Å²) >= 11 is 0. The Bertz CT molecular complexity index is 1460. The first kappa shape index (κ1) is 23.8. The summed E-state index contributed by atoms with van der Waals surface area (Å²) in [7, 11) is 0. The number of aryl methyl sites for hydroxylation is 6. The van der Waals surface area contributed by atoms with Crippen molar-refractivity contribution >= 4 is 22.9 Å². The minimum Gasteiger partial charge on any atom is -0.377 e. The van der Waals surface area contributed by atoms with E-state index in [1.165, 1.54) is 11.1 Å². The van der Waals surface area contributed by atoms with Crippen LogP contribution in [0.4, 0.5) is 11.4 Å². The molecule has 36 heavy (non-hydrogen) atoms. The van der Waals surface area contributed by atoms with Gasteiger partial charge < -0.3 is 10.6 Å². The lowest BCUT2D eigenvalue weighted by Crippen LogP contribution is -2.37. The van der Waals surface area contributed by atoms with Crippen LogP contribution in [0.3, 0.4) is 0 Å². The van der Waals surface area contributed by atoms with E-state index in [0.29, 0.717) is 34.4 Å². The molecule has 4 heteroatoms. The lowest BCUT2D eigenvalue weighted by Gasteiger charge is -2.33. The number of Topliss-reactive ketones (excluding diaryl/α,β-unsaturated/α-hetero) is 2. The Morgan fingerprint density at radius 1 is 0.694 bits per heavy atom. The molecule has 5 rings (SSSR count). The summed E-state index contributed by atoms with van der Waals surface area (Å²) in [5.74, 6) is -0.185. The molecule has 1 unspecified atom stereocenters. The molecule has 3 aromatic carbocycles. The maximum Gasteiger partial charge on any atom is 0.196 e. The minimum atomic E-state index is -0.296. The summed E-state index contributed by atoms with van der Waals surface area (Å²) in [6.07, 6.45) is 2.66. The zero-order valence-corrected chi connectivity index (χ0v) is 21.8. The van der Waals surface area contributed by atoms with Gasteiger partial charge in [-0.3, -0.25) is 9.59 Å². The van der Waals surface area contributed by atoms with Crippen molar-refractivity contribution in [1.29, 1.82) is 0 Å². The van der Waals surface area contributed by atoms with Gasteiger partial charge in [0.15, 0.2) is 11.6 Å². The normalized spacial score (nSPS) is 16.9. The number of fused-ring (bicyclic) bond motifs is 1. The van der Waals surface area contributed by atoms with Gasteiger partial charge >= 0.3 is 0 Å². The van der Waals surface area contributed by atoms with Crippen molar-refractivity contribution in [2.75, 3.05) is 10.6 Å². The van der Waals surface area contributed by atoms with E-state index in [-0.39, 0.29) is 17.6 Å². The van der Waals surface area contributed by atoms with E-state index < -0.39 is 0 Å². The van der Waals surface area contributed by atoms with E-state index in [1.54, 1.807) is 12.1 Å². The predicted molar refractivity (Wildman–Crippen MR) is 147 cm³/mol. The summed E-state index contributed by atoms with van der Waals surface area (Å²) in [6, 6.07) is 15.4. The van der Waals surface area contributed by atoms with Crippen LogP contribution in [0, 0.1) is 41.5 Å². The van der Waals surface area contributed by atoms with Crippen LogP contribution in [0.25, 0.3) is 0 Å². The van der Waals surface area contributed by atoms with Gasteiger partial charge in [-0.1, -0.05) is 65.7 Å². The Labute approximate surface area is 213 Å². The van der Waals surface area contributed by atoms with Gasteiger partial charge in [-0.25, -0.2) is 0 Å². The van der Waals surface area contributed by atoms with Gasteiger partial charge in [0.05, 0.1) is 11.6 Å². The Morgan fingerprint density at radius 3 is 1.75 bits per heavy atom. The first-order valence-electron chi connectivity index (χ1n) is 12.5. The number of anilines is 2. The molecule has 2 aliphatic carbocycles. The third kappa shape index (κ3) is 3.97. The lowest BCUT2D eigenvalue weighted by molar-refractivity contribution is 0.0971. The van der Waals surface area contributed by atoms with Gasteiger partial charge in [-0.2, -0.15) is 0 Å². The number of nitrogens with one attached hydrogen (secondary N) is 2. The molecule has 0 saturated carbocycles. The van der Waals surface area contributed by atoms with Gasteiger partial charge in [-0.05, 0) is 70.2 Å². The number of hydrogen-bond donors (Lipinski definition) is 2. The molecule has 0 amide bonds. The molecule has 3 aromatic rings. The van der Waals surface area contributed by atoms with Crippen LogP contribution >= 0.6 is 0 Å². The third-order valence-electron chi connectivity index (χ3n) is 7.27. The van der Waals surface area contributed by atoms with Crippen LogP contribution in [0.2, 0.25) is 0 Å². The van der Waals surface area contributed by atoms with Gasteiger partial charge in [-0.15, -0.1) is 0 Å². The minimum absolute atomic E-state index is 0.0788. The summed E-state index contributed by atoms with van der Waals surface area (Å²) in [5.41, 5.74) is 11.6. The van der Waals surface area contributed by atoms with Gasteiger partial charge in [0, 0.05) is 33.8 Å². The smallest absolute Gasteiger partial charge is 0.196 e. The Kier molecular flexibility index (Phi) is 5.91. The van der Waals surface area contributed by atoms with Crippen LogP contribution in [0.1, 0.15) is 60.5 Å². The maximum absolute atomic E-state index is 13.9. The molecule has 0 radical (unpaired) electrons. The van der Waals surface area contributed by atoms with Crippen LogP contribution in [-0.4, -0.2) is 17.6 Å². The van der Waals surface area contributed by atoms with Crippen LogP contribution < -0.4 is 10.6 Å². The molecule has 0 bridgehead atoms.